The number of rotatable bonds is 6. The zero-order valence-electron chi connectivity index (χ0n) is 16.0. The predicted octanol–water partition coefficient (Wildman–Crippen LogP) is 4.52. The molecule has 6 nitrogen and oxygen atoms in total. The van der Waals surface area contributed by atoms with Crippen molar-refractivity contribution in [2.75, 3.05) is 5.32 Å². The highest BCUT2D eigenvalue weighted by atomic mass is 35.5. The van der Waals surface area contributed by atoms with Gasteiger partial charge in [0.1, 0.15) is 10.8 Å². The molecule has 3 aromatic rings. The minimum Gasteiger partial charge on any atom is -0.308 e. The van der Waals surface area contributed by atoms with Gasteiger partial charge in [0.05, 0.1) is 19.0 Å². The fourth-order valence-electron chi connectivity index (χ4n) is 2.76. The third kappa shape index (κ3) is 5.18. The van der Waals surface area contributed by atoms with Crippen molar-refractivity contribution in [3.8, 4) is 0 Å². The highest BCUT2D eigenvalue weighted by molar-refractivity contribution is 6.33. The largest absolute Gasteiger partial charge is 0.435 e. The van der Waals surface area contributed by atoms with Crippen molar-refractivity contribution in [1.29, 1.82) is 0 Å². The summed E-state index contributed by atoms with van der Waals surface area (Å²) < 4.78 is 54.0. The number of amides is 1. The zero-order valence-corrected chi connectivity index (χ0v) is 16.8. The molecule has 0 saturated carbocycles. The van der Waals surface area contributed by atoms with Gasteiger partial charge in [0.2, 0.25) is 5.91 Å². The van der Waals surface area contributed by atoms with Gasteiger partial charge in [-0.2, -0.15) is 23.4 Å². The summed E-state index contributed by atoms with van der Waals surface area (Å²) in [5, 5.41) is 10.5. The summed E-state index contributed by atoms with van der Waals surface area (Å²) >= 11 is 6.12. The molecule has 0 saturated heterocycles. The molecular weight excluding hydrogens is 426 g/mol. The smallest absolute Gasteiger partial charge is 0.308 e. The van der Waals surface area contributed by atoms with Crippen LogP contribution in [0.15, 0.2) is 36.5 Å². The number of alkyl halides is 3. The summed E-state index contributed by atoms with van der Waals surface area (Å²) in [5.74, 6) is -1.38. The van der Waals surface area contributed by atoms with Crippen LogP contribution in [-0.4, -0.2) is 25.5 Å². The summed E-state index contributed by atoms with van der Waals surface area (Å²) in [5.41, 5.74) is 0.0789. The Morgan fingerprint density at radius 3 is 2.50 bits per heavy atom. The van der Waals surface area contributed by atoms with Crippen molar-refractivity contribution in [3.05, 3.63) is 64.3 Å². The second-order valence-corrected chi connectivity index (χ2v) is 7.30. The summed E-state index contributed by atoms with van der Waals surface area (Å²) in [6.07, 6.45) is -3.04. The molecule has 0 aliphatic carbocycles. The van der Waals surface area contributed by atoms with Crippen LogP contribution in [0.2, 0.25) is 5.02 Å². The van der Waals surface area contributed by atoms with Crippen molar-refractivity contribution < 1.29 is 22.4 Å². The van der Waals surface area contributed by atoms with Gasteiger partial charge in [-0.3, -0.25) is 14.2 Å². The van der Waals surface area contributed by atoms with Crippen LogP contribution in [0.1, 0.15) is 23.9 Å². The highest BCUT2D eigenvalue weighted by Gasteiger charge is 2.34. The fourth-order valence-corrected chi connectivity index (χ4v) is 2.95. The third-order valence-corrected chi connectivity index (χ3v) is 4.66. The Bertz CT molecular complexity index is 1040. The number of carbonyl (C=O) groups excluding carboxylic acids is 1. The molecule has 1 atom stereocenters. The van der Waals surface area contributed by atoms with Crippen molar-refractivity contribution in [2.45, 2.75) is 33.1 Å². The lowest BCUT2D eigenvalue weighted by atomic mass is 10.1. The van der Waals surface area contributed by atoms with Crippen LogP contribution < -0.4 is 5.32 Å². The zero-order chi connectivity index (χ0) is 22.1. The first-order chi connectivity index (χ1) is 14.0. The van der Waals surface area contributed by atoms with Crippen LogP contribution in [0.25, 0.3) is 0 Å². The topological polar surface area (TPSA) is 64.7 Å². The van der Waals surface area contributed by atoms with E-state index in [1.54, 1.807) is 19.1 Å². The van der Waals surface area contributed by atoms with Gasteiger partial charge in [-0.1, -0.05) is 30.7 Å². The second kappa shape index (κ2) is 8.47. The van der Waals surface area contributed by atoms with Crippen molar-refractivity contribution in [2.24, 2.45) is 5.92 Å². The van der Waals surface area contributed by atoms with E-state index in [-0.39, 0.29) is 23.2 Å². The molecular formula is C19H18ClF4N5O. The number of hydrogen-bond acceptors (Lipinski definition) is 3. The second-order valence-electron chi connectivity index (χ2n) is 6.89. The van der Waals surface area contributed by atoms with Crippen LogP contribution in [0.3, 0.4) is 0 Å². The van der Waals surface area contributed by atoms with Gasteiger partial charge in [0.15, 0.2) is 11.5 Å². The Labute approximate surface area is 174 Å². The molecule has 160 valence electrons. The summed E-state index contributed by atoms with van der Waals surface area (Å²) in [4.78, 5) is 12.5. The predicted molar refractivity (Wildman–Crippen MR) is 102 cm³/mol. The number of carbonyl (C=O) groups is 1. The number of hydrogen-bond donors (Lipinski definition) is 1. The lowest BCUT2D eigenvalue weighted by Gasteiger charge is -2.12. The lowest BCUT2D eigenvalue weighted by molar-refractivity contribution is -0.141. The van der Waals surface area contributed by atoms with Crippen LogP contribution in [0, 0.1) is 18.7 Å². The third-order valence-electron chi connectivity index (χ3n) is 4.38. The molecule has 0 bridgehead atoms. The first-order valence-corrected chi connectivity index (χ1v) is 9.30. The molecule has 1 N–H and O–H groups in total. The molecule has 2 heterocycles. The minimum absolute atomic E-state index is 0.0400. The fraction of sp³-hybridized carbons (Fsp3) is 0.316. The summed E-state index contributed by atoms with van der Waals surface area (Å²) in [6, 6.07) is 6.79. The van der Waals surface area contributed by atoms with E-state index in [0.717, 1.165) is 16.3 Å². The number of nitrogens with zero attached hydrogens (tertiary/aromatic N) is 4. The van der Waals surface area contributed by atoms with Gasteiger partial charge in [-0.25, -0.2) is 4.39 Å². The molecule has 3 rings (SSSR count). The van der Waals surface area contributed by atoms with Crippen LogP contribution >= 0.6 is 11.6 Å². The van der Waals surface area contributed by atoms with Crippen molar-refractivity contribution in [3.63, 3.8) is 0 Å². The summed E-state index contributed by atoms with van der Waals surface area (Å²) in [6.45, 7) is 3.33. The summed E-state index contributed by atoms with van der Waals surface area (Å²) in [7, 11) is 0. The van der Waals surface area contributed by atoms with Crippen LogP contribution in [0.5, 0.6) is 0 Å². The quantitative estimate of drug-likeness (QED) is 0.570. The maximum atomic E-state index is 13.0. The molecule has 0 spiro atoms. The van der Waals surface area contributed by atoms with Crippen LogP contribution in [-0.2, 0) is 24.1 Å². The highest BCUT2D eigenvalue weighted by Crippen LogP contribution is 2.28. The monoisotopic (exact) mass is 443 g/mol. The molecule has 1 aromatic carbocycles. The first kappa shape index (κ1) is 21.8. The van der Waals surface area contributed by atoms with Gasteiger partial charge < -0.3 is 5.32 Å². The molecule has 1 unspecified atom stereocenters. The van der Waals surface area contributed by atoms with E-state index < -0.39 is 23.7 Å². The normalized spacial score (nSPS) is 12.8. The Balaban J connectivity index is 1.65. The average molecular weight is 444 g/mol. The maximum absolute atomic E-state index is 13.0. The van der Waals surface area contributed by atoms with E-state index >= 15 is 0 Å². The number of nitrogens with one attached hydrogen (secondary N) is 1. The number of halogens is 5. The van der Waals surface area contributed by atoms with Crippen molar-refractivity contribution >= 4 is 23.3 Å². The average Bonchev–Trinajstić information content (AvgIpc) is 3.19. The van der Waals surface area contributed by atoms with E-state index in [1.165, 1.54) is 29.9 Å². The molecule has 0 aliphatic heterocycles. The molecule has 0 aliphatic rings. The number of anilines is 1. The van der Waals surface area contributed by atoms with E-state index in [0.29, 0.717) is 12.2 Å². The van der Waals surface area contributed by atoms with Gasteiger partial charge in [-0.05, 0) is 30.7 Å². The Morgan fingerprint density at radius 1 is 1.23 bits per heavy atom. The number of benzene rings is 1. The van der Waals surface area contributed by atoms with Crippen LogP contribution in [0.4, 0.5) is 23.4 Å². The SMILES string of the molecule is Cc1cc(C(F)(F)F)nn1CC(C)C(=O)Nc1nn(Cc2ccc(F)cc2)cc1Cl. The number of aromatic nitrogens is 4. The molecule has 0 radical (unpaired) electrons. The molecule has 2 aromatic heterocycles. The first-order valence-electron chi connectivity index (χ1n) is 8.93. The van der Waals surface area contributed by atoms with Gasteiger partial charge in [-0.15, -0.1) is 0 Å². The maximum Gasteiger partial charge on any atom is 0.435 e. The molecule has 30 heavy (non-hydrogen) atoms. The molecule has 11 heteroatoms. The molecule has 0 fully saturated rings. The van der Waals surface area contributed by atoms with Gasteiger partial charge >= 0.3 is 6.18 Å². The standard InChI is InChI=1S/C19H18ClF4N5O/c1-11(8-29-12(2)7-16(26-29)19(22,23)24)18(30)25-17-15(20)10-28(27-17)9-13-3-5-14(21)6-4-13/h3-7,10-11H,8-9H2,1-2H3,(H,25,27,30). The van der Waals surface area contributed by atoms with E-state index in [9.17, 15) is 22.4 Å². The van der Waals surface area contributed by atoms with E-state index in [2.05, 4.69) is 15.5 Å². The minimum atomic E-state index is -4.55. The van der Waals surface area contributed by atoms with E-state index in [4.69, 9.17) is 11.6 Å². The van der Waals surface area contributed by atoms with Gasteiger partial charge in [0, 0.05) is 11.9 Å². The van der Waals surface area contributed by atoms with E-state index in [1.807, 2.05) is 0 Å². The Hall–Kier alpha value is -2.88. The van der Waals surface area contributed by atoms with Crippen molar-refractivity contribution in [1.82, 2.24) is 19.6 Å². The number of aryl methyl sites for hydroxylation is 1. The Kier molecular flexibility index (Phi) is 6.16. The lowest BCUT2D eigenvalue weighted by Crippen LogP contribution is -2.26. The van der Waals surface area contributed by atoms with Gasteiger partial charge in [0.25, 0.3) is 0 Å². The molecule has 1 amide bonds. The Morgan fingerprint density at radius 2 is 1.90 bits per heavy atom.